The lowest BCUT2D eigenvalue weighted by molar-refractivity contribution is -0.140. The van der Waals surface area contributed by atoms with Gasteiger partial charge in [0.15, 0.2) is 11.5 Å². The van der Waals surface area contributed by atoms with Crippen molar-refractivity contribution in [1.82, 2.24) is 34.9 Å². The number of carbonyl (C=O) groups is 3. The number of nitrogens with zero attached hydrogens (tertiary/aromatic N) is 5. The second-order valence-electron chi connectivity index (χ2n) is 12.1. The first-order valence-electron chi connectivity index (χ1n) is 15.2. The molecule has 1 atom stereocenters. The van der Waals surface area contributed by atoms with Crippen molar-refractivity contribution in [2.24, 2.45) is 18.9 Å². The molecule has 0 radical (unpaired) electrons. The van der Waals surface area contributed by atoms with E-state index in [1.807, 2.05) is 0 Å². The number of anilines is 1. The number of piperidine rings is 1. The van der Waals surface area contributed by atoms with Crippen molar-refractivity contribution in [2.75, 3.05) is 44.6 Å². The topological polar surface area (TPSA) is 128 Å². The molecule has 1 aliphatic carbocycles. The number of rotatable bonds is 7. The summed E-state index contributed by atoms with van der Waals surface area (Å²) in [6.07, 6.45) is -3.03. The number of amides is 3. The van der Waals surface area contributed by atoms with Crippen LogP contribution in [0.3, 0.4) is 0 Å². The number of aromatic nitrogens is 4. The molecular weight excluding hydrogens is 651 g/mol. The van der Waals surface area contributed by atoms with E-state index in [0.29, 0.717) is 26.2 Å². The molecule has 17 heteroatoms. The molecule has 2 saturated heterocycles. The van der Waals surface area contributed by atoms with E-state index in [2.05, 4.69) is 25.8 Å². The molecule has 0 unspecified atom stereocenters. The molecule has 3 amide bonds. The van der Waals surface area contributed by atoms with E-state index in [1.54, 1.807) is 9.80 Å². The minimum absolute atomic E-state index is 0.00304. The van der Waals surface area contributed by atoms with E-state index in [9.17, 15) is 36.3 Å². The third kappa shape index (κ3) is 6.70. The minimum atomic E-state index is -4.89. The van der Waals surface area contributed by atoms with Crippen LogP contribution in [0.25, 0.3) is 11.3 Å². The highest BCUT2D eigenvalue weighted by molar-refractivity contribution is 6.34. The fourth-order valence-electron chi connectivity index (χ4n) is 6.18. The molecule has 11 nitrogen and oxygen atoms in total. The summed E-state index contributed by atoms with van der Waals surface area (Å²) >= 11 is 6.44. The highest BCUT2D eigenvalue weighted by atomic mass is 35.5. The molecule has 3 aromatic rings. The van der Waals surface area contributed by atoms with Gasteiger partial charge in [-0.1, -0.05) is 11.6 Å². The zero-order chi connectivity index (χ0) is 33.7. The van der Waals surface area contributed by atoms with Crippen LogP contribution in [0.2, 0.25) is 5.02 Å². The van der Waals surface area contributed by atoms with Crippen LogP contribution in [-0.2, 0) is 24.4 Å². The highest BCUT2D eigenvalue weighted by Crippen LogP contribution is 2.51. The Morgan fingerprint density at radius 1 is 1.09 bits per heavy atom. The maximum atomic E-state index is 13.8. The maximum absolute atomic E-state index is 13.8. The Bertz CT molecular complexity index is 1690. The Hall–Kier alpha value is -4.05. The molecule has 3 N–H and O–H groups in total. The van der Waals surface area contributed by atoms with Gasteiger partial charge in [-0.3, -0.25) is 19.5 Å². The third-order valence-corrected chi connectivity index (χ3v) is 9.30. The number of nitrogens with one attached hydrogen (secondary N) is 3. The predicted octanol–water partition coefficient (Wildman–Crippen LogP) is 4.22. The normalized spacial score (nSPS) is 19.9. The standard InChI is InChI=1S/C30H32ClF5N8O3/c1-42-22(23-21(12-17-14-29(17,32)33)40-41-24(23)30(34,35)36)15-38-25(42)26(45)39-18-2-3-19(20(31)13-18)28(47)44-10-8-43(9-11-44)27(46)16-4-6-37-7-5-16/h2-3,13,15-17,37H,4-12,14H2,1H3,(H,39,45)(H,40,41)/t17-/m0/s1. The van der Waals surface area contributed by atoms with Crippen LogP contribution in [0.5, 0.6) is 0 Å². The van der Waals surface area contributed by atoms with Crippen molar-refractivity contribution in [3.63, 3.8) is 0 Å². The molecule has 0 bridgehead atoms. The van der Waals surface area contributed by atoms with E-state index in [1.165, 1.54) is 25.2 Å². The molecule has 2 aliphatic heterocycles. The van der Waals surface area contributed by atoms with Gasteiger partial charge in [-0.05, 0) is 50.6 Å². The molecular formula is C30H32ClF5N8O3. The van der Waals surface area contributed by atoms with Gasteiger partial charge in [0.25, 0.3) is 17.7 Å². The molecule has 0 spiro atoms. The van der Waals surface area contributed by atoms with Crippen molar-refractivity contribution in [3.05, 3.63) is 52.2 Å². The second-order valence-corrected chi connectivity index (χ2v) is 12.5. The number of aromatic amines is 1. The zero-order valence-corrected chi connectivity index (χ0v) is 26.0. The summed E-state index contributed by atoms with van der Waals surface area (Å²) in [5, 5.41) is 11.5. The number of hydrogen-bond donors (Lipinski definition) is 3. The first kappa shape index (κ1) is 32.9. The largest absolute Gasteiger partial charge is 0.435 e. The van der Waals surface area contributed by atoms with Crippen LogP contribution in [0, 0.1) is 11.8 Å². The average Bonchev–Trinajstić information content (AvgIpc) is 3.31. The van der Waals surface area contributed by atoms with Crippen molar-refractivity contribution >= 4 is 35.0 Å². The molecule has 1 saturated carbocycles. The number of imidazole rings is 1. The molecule has 4 heterocycles. The van der Waals surface area contributed by atoms with E-state index in [4.69, 9.17) is 11.6 Å². The van der Waals surface area contributed by atoms with Crippen LogP contribution in [0.15, 0.2) is 24.4 Å². The third-order valence-electron chi connectivity index (χ3n) is 8.99. The van der Waals surface area contributed by atoms with Gasteiger partial charge in [-0.15, -0.1) is 0 Å². The second kappa shape index (κ2) is 12.5. The zero-order valence-electron chi connectivity index (χ0n) is 25.3. The maximum Gasteiger partial charge on any atom is 0.435 e. The first-order chi connectivity index (χ1) is 22.2. The number of piperazine rings is 1. The first-order valence-corrected chi connectivity index (χ1v) is 15.6. The lowest BCUT2D eigenvalue weighted by Gasteiger charge is -2.37. The van der Waals surface area contributed by atoms with E-state index in [-0.39, 0.29) is 57.6 Å². The monoisotopic (exact) mass is 682 g/mol. The van der Waals surface area contributed by atoms with Crippen molar-refractivity contribution in [3.8, 4) is 11.3 Å². The van der Waals surface area contributed by atoms with Crippen molar-refractivity contribution < 1.29 is 36.3 Å². The van der Waals surface area contributed by atoms with Gasteiger partial charge in [-0.2, -0.15) is 18.3 Å². The summed E-state index contributed by atoms with van der Waals surface area (Å²) in [7, 11) is 1.33. The molecule has 1 aromatic carbocycles. The van der Waals surface area contributed by atoms with Gasteiger partial charge in [0.2, 0.25) is 5.91 Å². The summed E-state index contributed by atoms with van der Waals surface area (Å²) in [4.78, 5) is 46.7. The molecule has 3 aliphatic rings. The Kier molecular flexibility index (Phi) is 8.76. The number of benzene rings is 1. The Morgan fingerprint density at radius 2 is 1.74 bits per heavy atom. The molecule has 6 rings (SSSR count). The van der Waals surface area contributed by atoms with Gasteiger partial charge in [-0.25, -0.2) is 13.8 Å². The lowest BCUT2D eigenvalue weighted by atomic mass is 9.96. The van der Waals surface area contributed by atoms with Gasteiger partial charge in [0.1, 0.15) is 0 Å². The van der Waals surface area contributed by atoms with Crippen LogP contribution in [-0.4, -0.2) is 92.5 Å². The van der Waals surface area contributed by atoms with Crippen molar-refractivity contribution in [1.29, 1.82) is 0 Å². The van der Waals surface area contributed by atoms with E-state index >= 15 is 0 Å². The smallest absolute Gasteiger partial charge is 0.339 e. The SMILES string of the molecule is Cn1c(-c2c(C(F)(F)F)n[nH]c2C[C@H]2CC2(F)F)cnc1C(=O)Nc1ccc(C(=O)N2CCN(C(=O)C3CCNCC3)CC2)c(Cl)c1. The van der Waals surface area contributed by atoms with Crippen LogP contribution in [0.1, 0.15) is 51.6 Å². The summed E-state index contributed by atoms with van der Waals surface area (Å²) in [6.45, 7) is 3.17. The van der Waals surface area contributed by atoms with Crippen molar-refractivity contribution in [2.45, 2.75) is 37.8 Å². The number of carbonyl (C=O) groups excluding carboxylic acids is 3. The predicted molar refractivity (Wildman–Crippen MR) is 160 cm³/mol. The number of H-pyrrole nitrogens is 1. The summed E-state index contributed by atoms with van der Waals surface area (Å²) < 4.78 is 69.7. The molecule has 47 heavy (non-hydrogen) atoms. The summed E-state index contributed by atoms with van der Waals surface area (Å²) in [6, 6.07) is 4.29. The van der Waals surface area contributed by atoms with Crippen LogP contribution < -0.4 is 10.6 Å². The Labute approximate surface area is 270 Å². The van der Waals surface area contributed by atoms with Crippen LogP contribution in [0.4, 0.5) is 27.6 Å². The quantitative estimate of drug-likeness (QED) is 0.321. The Balaban J connectivity index is 1.12. The fourth-order valence-corrected chi connectivity index (χ4v) is 6.44. The van der Waals surface area contributed by atoms with Gasteiger partial charge >= 0.3 is 6.18 Å². The molecule has 252 valence electrons. The summed E-state index contributed by atoms with van der Waals surface area (Å²) in [5.41, 5.74) is -1.60. The van der Waals surface area contributed by atoms with E-state index in [0.717, 1.165) is 36.7 Å². The number of alkyl halides is 5. The molecule has 3 fully saturated rings. The summed E-state index contributed by atoms with van der Waals surface area (Å²) in [5.74, 6) is -5.32. The van der Waals surface area contributed by atoms with E-state index < -0.39 is 41.6 Å². The van der Waals surface area contributed by atoms with Gasteiger partial charge in [0.05, 0.1) is 28.0 Å². The molecule has 2 aromatic heterocycles. The number of hydrogen-bond acceptors (Lipinski definition) is 6. The van der Waals surface area contributed by atoms with Gasteiger partial charge in [0, 0.05) is 62.9 Å². The minimum Gasteiger partial charge on any atom is -0.339 e. The average molecular weight is 683 g/mol. The van der Waals surface area contributed by atoms with Gasteiger partial charge < -0.3 is 25.0 Å². The highest BCUT2D eigenvalue weighted by Gasteiger charge is 2.57. The lowest BCUT2D eigenvalue weighted by Crippen LogP contribution is -2.52. The number of halogens is 6. The Morgan fingerprint density at radius 3 is 2.36 bits per heavy atom. The fraction of sp³-hybridized carbons (Fsp3) is 0.500. The van der Waals surface area contributed by atoms with Crippen LogP contribution >= 0.6 is 11.6 Å².